The summed E-state index contributed by atoms with van der Waals surface area (Å²) in [6, 6.07) is 3.77. The van der Waals surface area contributed by atoms with E-state index in [1.165, 1.54) is 5.01 Å². The van der Waals surface area contributed by atoms with Gasteiger partial charge in [0.15, 0.2) is 5.82 Å². The van der Waals surface area contributed by atoms with E-state index in [1.54, 1.807) is 26.5 Å². The Morgan fingerprint density at radius 1 is 1.67 bits per heavy atom. The van der Waals surface area contributed by atoms with Crippen molar-refractivity contribution in [1.82, 2.24) is 4.98 Å². The molecule has 64 valence electrons. The SMILES string of the molecule is C/N=C\c1cccnc1N(C)N. The van der Waals surface area contributed by atoms with Crippen molar-refractivity contribution in [3.63, 3.8) is 0 Å². The van der Waals surface area contributed by atoms with Gasteiger partial charge in [-0.1, -0.05) is 0 Å². The molecular formula is C8H12N4. The second kappa shape index (κ2) is 3.82. The molecule has 1 heterocycles. The number of nitrogens with zero attached hydrogens (tertiary/aromatic N) is 3. The van der Waals surface area contributed by atoms with Crippen LogP contribution in [0.4, 0.5) is 5.82 Å². The van der Waals surface area contributed by atoms with Gasteiger partial charge >= 0.3 is 0 Å². The molecule has 4 nitrogen and oxygen atoms in total. The fourth-order valence-electron chi connectivity index (χ4n) is 0.944. The van der Waals surface area contributed by atoms with Gasteiger partial charge in [0, 0.05) is 32.1 Å². The average Bonchev–Trinajstić information content (AvgIpc) is 2.05. The van der Waals surface area contributed by atoms with Gasteiger partial charge in [0.25, 0.3) is 0 Å². The van der Waals surface area contributed by atoms with Crippen molar-refractivity contribution in [3.8, 4) is 0 Å². The topological polar surface area (TPSA) is 54.5 Å². The molecule has 0 aliphatic rings. The summed E-state index contributed by atoms with van der Waals surface area (Å²) in [5.74, 6) is 6.28. The summed E-state index contributed by atoms with van der Waals surface area (Å²) in [6.07, 6.45) is 3.43. The highest BCUT2D eigenvalue weighted by atomic mass is 15.4. The summed E-state index contributed by atoms with van der Waals surface area (Å²) in [4.78, 5) is 8.01. The third-order valence-corrected chi connectivity index (χ3v) is 1.42. The van der Waals surface area contributed by atoms with Crippen LogP contribution in [0.1, 0.15) is 5.56 Å². The van der Waals surface area contributed by atoms with Crippen LogP contribution in [0.2, 0.25) is 0 Å². The molecule has 0 saturated heterocycles. The maximum Gasteiger partial charge on any atom is 0.151 e. The second-order valence-corrected chi connectivity index (χ2v) is 2.41. The summed E-state index contributed by atoms with van der Waals surface area (Å²) in [7, 11) is 3.46. The van der Waals surface area contributed by atoms with Crippen LogP contribution in [0.3, 0.4) is 0 Å². The van der Waals surface area contributed by atoms with E-state index in [9.17, 15) is 0 Å². The number of aromatic nitrogens is 1. The van der Waals surface area contributed by atoms with Gasteiger partial charge in [0.05, 0.1) is 0 Å². The van der Waals surface area contributed by atoms with Crippen molar-refractivity contribution in [3.05, 3.63) is 23.9 Å². The molecular weight excluding hydrogens is 152 g/mol. The molecule has 2 N–H and O–H groups in total. The van der Waals surface area contributed by atoms with Gasteiger partial charge in [-0.25, -0.2) is 10.8 Å². The number of nitrogens with two attached hydrogens (primary N) is 1. The summed E-state index contributed by atoms with van der Waals surface area (Å²) < 4.78 is 0. The van der Waals surface area contributed by atoms with Crippen molar-refractivity contribution >= 4 is 12.0 Å². The molecule has 1 rings (SSSR count). The Labute approximate surface area is 71.7 Å². The number of pyridine rings is 1. The lowest BCUT2D eigenvalue weighted by molar-refractivity contribution is 0.975. The van der Waals surface area contributed by atoms with E-state index in [-0.39, 0.29) is 0 Å². The quantitative estimate of drug-likeness (QED) is 0.392. The molecule has 12 heavy (non-hydrogen) atoms. The number of anilines is 1. The molecule has 4 heteroatoms. The highest BCUT2D eigenvalue weighted by molar-refractivity contribution is 5.86. The first-order valence-electron chi connectivity index (χ1n) is 3.61. The predicted octanol–water partition coefficient (Wildman–Crippen LogP) is 0.440. The summed E-state index contributed by atoms with van der Waals surface area (Å²) >= 11 is 0. The van der Waals surface area contributed by atoms with Gasteiger partial charge in [0.2, 0.25) is 0 Å². The number of hydrogen-bond donors (Lipinski definition) is 1. The van der Waals surface area contributed by atoms with Crippen LogP contribution in [-0.2, 0) is 0 Å². The first-order valence-corrected chi connectivity index (χ1v) is 3.61. The molecule has 0 aliphatic heterocycles. The first kappa shape index (κ1) is 8.67. The molecule has 0 unspecified atom stereocenters. The van der Waals surface area contributed by atoms with Crippen molar-refractivity contribution in [1.29, 1.82) is 0 Å². The van der Waals surface area contributed by atoms with Gasteiger partial charge < -0.3 is 0 Å². The van der Waals surface area contributed by atoms with Crippen molar-refractivity contribution in [2.45, 2.75) is 0 Å². The highest BCUT2D eigenvalue weighted by Crippen LogP contribution is 2.09. The largest absolute Gasteiger partial charge is 0.297 e. The van der Waals surface area contributed by atoms with Crippen LogP contribution in [0.15, 0.2) is 23.3 Å². The van der Waals surface area contributed by atoms with Crippen molar-refractivity contribution in [2.24, 2.45) is 10.8 Å². The molecule has 0 bridgehead atoms. The fourth-order valence-corrected chi connectivity index (χ4v) is 0.944. The molecule has 0 amide bonds. The third kappa shape index (κ3) is 1.79. The Morgan fingerprint density at radius 3 is 3.00 bits per heavy atom. The standard InChI is InChI=1S/C8H12N4/c1-10-6-7-4-3-5-11-8(7)12(2)9/h3-6H,9H2,1-2H3/b10-6-. The normalized spacial score (nSPS) is 10.6. The molecule has 0 aromatic carbocycles. The van der Waals surface area contributed by atoms with Crippen LogP contribution in [0, 0.1) is 0 Å². The Balaban J connectivity index is 3.08. The highest BCUT2D eigenvalue weighted by Gasteiger charge is 2.01. The molecule has 0 aliphatic carbocycles. The smallest absolute Gasteiger partial charge is 0.151 e. The lowest BCUT2D eigenvalue weighted by atomic mass is 10.3. The van der Waals surface area contributed by atoms with Gasteiger partial charge in [-0.2, -0.15) is 0 Å². The monoisotopic (exact) mass is 164 g/mol. The first-order chi connectivity index (χ1) is 5.75. The van der Waals surface area contributed by atoms with Crippen LogP contribution in [0.5, 0.6) is 0 Å². The van der Waals surface area contributed by atoms with E-state index < -0.39 is 0 Å². The van der Waals surface area contributed by atoms with E-state index in [2.05, 4.69) is 9.98 Å². The molecule has 1 aromatic heterocycles. The molecule has 0 radical (unpaired) electrons. The van der Waals surface area contributed by atoms with E-state index in [0.717, 1.165) is 11.4 Å². The van der Waals surface area contributed by atoms with E-state index in [1.807, 2.05) is 12.1 Å². The van der Waals surface area contributed by atoms with E-state index in [0.29, 0.717) is 0 Å². The van der Waals surface area contributed by atoms with E-state index >= 15 is 0 Å². The minimum absolute atomic E-state index is 0.725. The molecule has 0 saturated carbocycles. The van der Waals surface area contributed by atoms with Crippen LogP contribution < -0.4 is 10.9 Å². The molecule has 0 atom stereocenters. The minimum atomic E-state index is 0.725. The number of rotatable bonds is 2. The van der Waals surface area contributed by atoms with E-state index in [4.69, 9.17) is 5.84 Å². The average molecular weight is 164 g/mol. The van der Waals surface area contributed by atoms with Gasteiger partial charge in [-0.3, -0.25) is 10.0 Å². The number of hydrazine groups is 1. The number of aliphatic imine (C=N–C) groups is 1. The zero-order valence-electron chi connectivity index (χ0n) is 7.23. The van der Waals surface area contributed by atoms with Gasteiger partial charge in [-0.15, -0.1) is 0 Å². The minimum Gasteiger partial charge on any atom is -0.297 e. The van der Waals surface area contributed by atoms with Crippen LogP contribution in [0.25, 0.3) is 0 Å². The molecule has 0 fully saturated rings. The Bertz CT molecular complexity index is 280. The van der Waals surface area contributed by atoms with Crippen LogP contribution >= 0.6 is 0 Å². The number of hydrogen-bond acceptors (Lipinski definition) is 4. The third-order valence-electron chi connectivity index (χ3n) is 1.42. The van der Waals surface area contributed by atoms with Crippen molar-refractivity contribution < 1.29 is 0 Å². The maximum absolute atomic E-state index is 5.55. The fraction of sp³-hybridized carbons (Fsp3) is 0.250. The summed E-state index contributed by atoms with van der Waals surface area (Å²) in [6.45, 7) is 0. The lowest BCUT2D eigenvalue weighted by Crippen LogP contribution is -2.27. The predicted molar refractivity (Wildman–Crippen MR) is 50.3 cm³/mol. The van der Waals surface area contributed by atoms with Crippen LogP contribution in [-0.4, -0.2) is 25.3 Å². The summed E-state index contributed by atoms with van der Waals surface area (Å²) in [5.41, 5.74) is 0.921. The van der Waals surface area contributed by atoms with Gasteiger partial charge in [-0.05, 0) is 12.1 Å². The summed E-state index contributed by atoms with van der Waals surface area (Å²) in [5, 5.41) is 1.47. The lowest BCUT2D eigenvalue weighted by Gasteiger charge is -2.12. The molecule has 1 aromatic rings. The zero-order chi connectivity index (χ0) is 8.97. The Kier molecular flexibility index (Phi) is 2.76. The Morgan fingerprint density at radius 2 is 2.42 bits per heavy atom. The second-order valence-electron chi connectivity index (χ2n) is 2.41. The van der Waals surface area contributed by atoms with Gasteiger partial charge in [0.1, 0.15) is 0 Å². The van der Waals surface area contributed by atoms with Crippen molar-refractivity contribution in [2.75, 3.05) is 19.1 Å². The maximum atomic E-state index is 5.55. The Hall–Kier alpha value is -1.42. The molecule has 0 spiro atoms. The zero-order valence-corrected chi connectivity index (χ0v) is 7.23.